The van der Waals surface area contributed by atoms with E-state index in [-0.39, 0.29) is 0 Å². The topological polar surface area (TPSA) is 39.4 Å². The maximum Gasteiger partial charge on any atom is 0.189 e. The molecule has 2 heterocycles. The summed E-state index contributed by atoms with van der Waals surface area (Å²) in [5.74, 6) is 1.40. The van der Waals surface area contributed by atoms with Gasteiger partial charge in [-0.05, 0) is 36.4 Å². The molecule has 3 rings (SSSR count). The van der Waals surface area contributed by atoms with Gasteiger partial charge in [-0.1, -0.05) is 17.7 Å². The first-order valence-corrected chi connectivity index (χ1v) is 5.88. The Labute approximate surface area is 109 Å². The summed E-state index contributed by atoms with van der Waals surface area (Å²) in [4.78, 5) is 4.35. The Morgan fingerprint density at radius 1 is 1.11 bits per heavy atom. The van der Waals surface area contributed by atoms with E-state index < -0.39 is 0 Å². The van der Waals surface area contributed by atoms with Crippen molar-refractivity contribution < 1.29 is 4.74 Å². The van der Waals surface area contributed by atoms with Gasteiger partial charge in [-0.2, -0.15) is 0 Å². The highest BCUT2D eigenvalue weighted by Gasteiger charge is 2.03. The minimum absolute atomic E-state index is 0.337. The monoisotopic (exact) mass is 259 g/mol. The lowest BCUT2D eigenvalue weighted by Gasteiger charge is -2.02. The molecule has 4 nitrogen and oxygen atoms in total. The normalized spacial score (nSPS) is 10.7. The third-order valence-electron chi connectivity index (χ3n) is 2.47. The Balaban J connectivity index is 1.74. The van der Waals surface area contributed by atoms with Gasteiger partial charge in [-0.25, -0.2) is 9.50 Å². The van der Waals surface area contributed by atoms with Gasteiger partial charge in [0.15, 0.2) is 11.5 Å². The molecule has 0 amide bonds. The van der Waals surface area contributed by atoms with Gasteiger partial charge in [0, 0.05) is 11.2 Å². The van der Waals surface area contributed by atoms with E-state index in [2.05, 4.69) is 10.1 Å². The number of aromatic nitrogens is 3. The Morgan fingerprint density at radius 3 is 2.72 bits per heavy atom. The summed E-state index contributed by atoms with van der Waals surface area (Å²) in [6.07, 6.45) is 1.86. The minimum atomic E-state index is 0.337. The average molecular weight is 260 g/mol. The molecular weight excluding hydrogens is 250 g/mol. The molecule has 0 aliphatic heterocycles. The third kappa shape index (κ3) is 2.28. The van der Waals surface area contributed by atoms with Gasteiger partial charge in [-0.15, -0.1) is 5.10 Å². The van der Waals surface area contributed by atoms with Crippen LogP contribution in [0.25, 0.3) is 5.65 Å². The fourth-order valence-corrected chi connectivity index (χ4v) is 1.74. The van der Waals surface area contributed by atoms with Crippen LogP contribution in [0.5, 0.6) is 5.75 Å². The molecule has 0 aliphatic rings. The van der Waals surface area contributed by atoms with Crippen LogP contribution in [-0.4, -0.2) is 14.6 Å². The molecule has 0 bridgehead atoms. The van der Waals surface area contributed by atoms with E-state index in [0.717, 1.165) is 11.4 Å². The van der Waals surface area contributed by atoms with Crippen LogP contribution in [0.3, 0.4) is 0 Å². The van der Waals surface area contributed by atoms with Crippen molar-refractivity contribution in [3.63, 3.8) is 0 Å². The van der Waals surface area contributed by atoms with Gasteiger partial charge in [0.2, 0.25) is 0 Å². The highest BCUT2D eigenvalue weighted by molar-refractivity contribution is 6.30. The second-order valence-electron chi connectivity index (χ2n) is 3.77. The molecule has 0 saturated carbocycles. The Bertz CT molecular complexity index is 630. The van der Waals surface area contributed by atoms with Crippen LogP contribution >= 0.6 is 11.6 Å². The lowest BCUT2D eigenvalue weighted by Crippen LogP contribution is -1.97. The van der Waals surface area contributed by atoms with Gasteiger partial charge >= 0.3 is 0 Å². The maximum atomic E-state index is 5.80. The van der Waals surface area contributed by atoms with E-state index in [4.69, 9.17) is 16.3 Å². The molecule has 0 saturated heterocycles. The van der Waals surface area contributed by atoms with Crippen LogP contribution in [0.15, 0.2) is 48.7 Å². The fraction of sp³-hybridized carbons (Fsp3) is 0.0769. The second kappa shape index (κ2) is 4.66. The van der Waals surface area contributed by atoms with Crippen LogP contribution in [0.1, 0.15) is 5.82 Å². The Morgan fingerprint density at radius 2 is 1.94 bits per heavy atom. The van der Waals surface area contributed by atoms with Crippen molar-refractivity contribution in [1.29, 1.82) is 0 Å². The van der Waals surface area contributed by atoms with Gasteiger partial charge < -0.3 is 4.74 Å². The zero-order valence-corrected chi connectivity index (χ0v) is 10.2. The molecule has 2 aromatic heterocycles. The predicted molar refractivity (Wildman–Crippen MR) is 68.8 cm³/mol. The summed E-state index contributed by atoms with van der Waals surface area (Å²) in [5.41, 5.74) is 0.812. The molecule has 0 N–H and O–H groups in total. The number of ether oxygens (including phenoxy) is 1. The summed E-state index contributed by atoms with van der Waals surface area (Å²) >= 11 is 5.80. The zero-order valence-electron chi connectivity index (χ0n) is 9.45. The summed E-state index contributed by atoms with van der Waals surface area (Å²) in [7, 11) is 0. The molecular formula is C13H10ClN3O. The smallest absolute Gasteiger partial charge is 0.189 e. The quantitative estimate of drug-likeness (QED) is 0.726. The fourth-order valence-electron chi connectivity index (χ4n) is 1.62. The number of hydrogen-bond donors (Lipinski definition) is 0. The molecule has 0 radical (unpaired) electrons. The molecule has 0 atom stereocenters. The zero-order chi connectivity index (χ0) is 12.4. The van der Waals surface area contributed by atoms with E-state index in [1.165, 1.54) is 0 Å². The van der Waals surface area contributed by atoms with Crippen molar-refractivity contribution in [2.45, 2.75) is 6.61 Å². The number of rotatable bonds is 3. The molecule has 5 heteroatoms. The van der Waals surface area contributed by atoms with E-state index in [1.54, 1.807) is 16.6 Å². The van der Waals surface area contributed by atoms with Crippen molar-refractivity contribution in [2.24, 2.45) is 0 Å². The van der Waals surface area contributed by atoms with E-state index in [0.29, 0.717) is 17.5 Å². The third-order valence-corrected chi connectivity index (χ3v) is 2.72. The van der Waals surface area contributed by atoms with Crippen molar-refractivity contribution >= 4 is 17.2 Å². The molecule has 0 unspecified atom stereocenters. The van der Waals surface area contributed by atoms with Crippen LogP contribution in [0.4, 0.5) is 0 Å². The van der Waals surface area contributed by atoms with Crippen LogP contribution in [0.2, 0.25) is 5.02 Å². The summed E-state index contributed by atoms with van der Waals surface area (Å²) in [6, 6.07) is 12.9. The van der Waals surface area contributed by atoms with Gasteiger partial charge in [0.05, 0.1) is 0 Å². The number of fused-ring (bicyclic) bond motifs is 1. The largest absolute Gasteiger partial charge is 0.486 e. The predicted octanol–water partition coefficient (Wildman–Crippen LogP) is 2.96. The second-order valence-corrected chi connectivity index (χ2v) is 4.21. The highest BCUT2D eigenvalue weighted by Crippen LogP contribution is 2.16. The molecule has 3 aromatic rings. The van der Waals surface area contributed by atoms with E-state index >= 15 is 0 Å². The number of halogens is 1. The minimum Gasteiger partial charge on any atom is -0.486 e. The molecule has 90 valence electrons. The highest BCUT2D eigenvalue weighted by atomic mass is 35.5. The average Bonchev–Trinajstić information content (AvgIpc) is 2.81. The molecule has 0 fully saturated rings. The summed E-state index contributed by atoms with van der Waals surface area (Å²) in [6.45, 7) is 0.337. The van der Waals surface area contributed by atoms with Crippen molar-refractivity contribution in [3.05, 3.63) is 59.5 Å². The van der Waals surface area contributed by atoms with Crippen molar-refractivity contribution in [3.8, 4) is 5.75 Å². The SMILES string of the molecule is Clc1ccc(OCc2nc3ccccn3n2)cc1. The molecule has 0 spiro atoms. The molecule has 0 aliphatic carbocycles. The number of hydrogen-bond acceptors (Lipinski definition) is 3. The van der Waals surface area contributed by atoms with Gasteiger partial charge in [0.1, 0.15) is 12.4 Å². The summed E-state index contributed by atoms with van der Waals surface area (Å²) in [5, 5.41) is 4.99. The number of benzene rings is 1. The first kappa shape index (κ1) is 11.0. The van der Waals surface area contributed by atoms with Gasteiger partial charge in [0.25, 0.3) is 0 Å². The van der Waals surface area contributed by atoms with E-state index in [9.17, 15) is 0 Å². The first-order chi connectivity index (χ1) is 8.81. The van der Waals surface area contributed by atoms with Crippen LogP contribution < -0.4 is 4.74 Å². The molecule has 1 aromatic carbocycles. The first-order valence-electron chi connectivity index (χ1n) is 5.50. The van der Waals surface area contributed by atoms with Gasteiger partial charge in [-0.3, -0.25) is 0 Å². The van der Waals surface area contributed by atoms with Crippen LogP contribution in [-0.2, 0) is 6.61 Å². The molecule has 18 heavy (non-hydrogen) atoms. The standard InChI is InChI=1S/C13H10ClN3O/c14-10-4-6-11(7-5-10)18-9-12-15-13-3-1-2-8-17(13)16-12/h1-8H,9H2. The number of nitrogens with zero attached hydrogens (tertiary/aromatic N) is 3. The van der Waals surface area contributed by atoms with Crippen LogP contribution in [0, 0.1) is 0 Å². The summed E-state index contributed by atoms with van der Waals surface area (Å²) < 4.78 is 7.30. The Kier molecular flexibility index (Phi) is 2.86. The Hall–Kier alpha value is -2.07. The lowest BCUT2D eigenvalue weighted by atomic mass is 10.3. The number of pyridine rings is 1. The van der Waals surface area contributed by atoms with Crippen molar-refractivity contribution in [2.75, 3.05) is 0 Å². The van der Waals surface area contributed by atoms with E-state index in [1.807, 2.05) is 36.5 Å². The lowest BCUT2D eigenvalue weighted by molar-refractivity contribution is 0.296. The van der Waals surface area contributed by atoms with Crippen molar-refractivity contribution in [1.82, 2.24) is 14.6 Å². The maximum absolute atomic E-state index is 5.80.